The second-order valence-corrected chi connectivity index (χ2v) is 6.71. The van der Waals surface area contributed by atoms with Crippen molar-refractivity contribution in [2.75, 3.05) is 13.2 Å². The Kier molecular flexibility index (Phi) is 5.92. The average molecular weight is 415 g/mol. The van der Waals surface area contributed by atoms with Crippen molar-refractivity contribution in [2.24, 2.45) is 0 Å². The lowest BCUT2D eigenvalue weighted by molar-refractivity contribution is -0.144. The number of nitrogens with zero attached hydrogens (tertiary/aromatic N) is 2. The second kappa shape index (κ2) is 8.19. The summed E-state index contributed by atoms with van der Waals surface area (Å²) in [7, 11) is 0. The number of aromatic nitrogens is 2. The molecule has 0 atom stereocenters. The maximum atomic E-state index is 14.5. The molecule has 0 spiro atoms. The number of fused-ring (bicyclic) bond motifs is 1. The molecule has 9 heteroatoms. The highest BCUT2D eigenvalue weighted by atomic mass is 35.5. The Morgan fingerprint density at radius 3 is 2.63 bits per heavy atom. The van der Waals surface area contributed by atoms with Crippen LogP contribution in [0.4, 0.5) is 4.39 Å². The number of carbonyl (C=O) groups is 1. The molecular formula is C18H17Cl2FN2O4. The van der Waals surface area contributed by atoms with Crippen molar-refractivity contribution in [3.05, 3.63) is 51.1 Å². The van der Waals surface area contributed by atoms with Gasteiger partial charge in [-0.15, -0.1) is 0 Å². The van der Waals surface area contributed by atoms with Crippen LogP contribution in [0.3, 0.4) is 0 Å². The van der Waals surface area contributed by atoms with Gasteiger partial charge in [-0.3, -0.25) is 9.48 Å². The fraction of sp³-hybridized carbons (Fsp3) is 0.333. The highest BCUT2D eigenvalue weighted by Gasteiger charge is 2.25. The number of halogens is 3. The van der Waals surface area contributed by atoms with E-state index in [0.29, 0.717) is 13.1 Å². The van der Waals surface area contributed by atoms with E-state index < -0.39 is 18.4 Å². The maximum Gasteiger partial charge on any atom is 0.344 e. The van der Waals surface area contributed by atoms with Crippen molar-refractivity contribution in [2.45, 2.75) is 25.9 Å². The number of rotatable bonds is 6. The van der Waals surface area contributed by atoms with Crippen molar-refractivity contribution >= 4 is 29.2 Å². The lowest BCUT2D eigenvalue weighted by Crippen LogP contribution is -2.27. The molecule has 1 aliphatic rings. The minimum atomic E-state index is -0.705. The quantitative estimate of drug-likeness (QED) is 0.534. The van der Waals surface area contributed by atoms with Crippen LogP contribution in [0.5, 0.6) is 5.75 Å². The van der Waals surface area contributed by atoms with Crippen molar-refractivity contribution in [3.8, 4) is 16.9 Å². The molecular weight excluding hydrogens is 398 g/mol. The van der Waals surface area contributed by atoms with E-state index in [1.807, 2.05) is 0 Å². The van der Waals surface area contributed by atoms with Crippen LogP contribution in [-0.2, 0) is 22.6 Å². The predicted octanol–water partition coefficient (Wildman–Crippen LogP) is 3.66. The molecule has 0 aliphatic carbocycles. The molecule has 0 amide bonds. The van der Waals surface area contributed by atoms with E-state index in [2.05, 4.69) is 6.58 Å². The summed E-state index contributed by atoms with van der Waals surface area (Å²) in [6.45, 7) is 4.17. The van der Waals surface area contributed by atoms with E-state index in [1.54, 1.807) is 4.68 Å². The van der Waals surface area contributed by atoms with Crippen LogP contribution in [-0.4, -0.2) is 28.5 Å². The molecule has 0 bridgehead atoms. The van der Waals surface area contributed by atoms with Gasteiger partial charge in [-0.05, 0) is 25.0 Å². The summed E-state index contributed by atoms with van der Waals surface area (Å²) < 4.78 is 27.8. The van der Waals surface area contributed by atoms with Gasteiger partial charge in [0, 0.05) is 18.7 Å². The zero-order valence-corrected chi connectivity index (χ0v) is 15.9. The zero-order chi connectivity index (χ0) is 19.6. The molecule has 3 rings (SSSR count). The largest absolute Gasteiger partial charge is 0.480 e. The summed E-state index contributed by atoms with van der Waals surface area (Å²) in [6.07, 6.45) is 3.16. The summed E-state index contributed by atoms with van der Waals surface area (Å²) in [4.78, 5) is 24.3. The monoisotopic (exact) mass is 414 g/mol. The lowest BCUT2D eigenvalue weighted by Gasteiger charge is -2.17. The van der Waals surface area contributed by atoms with E-state index >= 15 is 0 Å². The summed E-state index contributed by atoms with van der Waals surface area (Å²) in [5.74, 6) is -1.29. The third-order valence-electron chi connectivity index (χ3n) is 4.16. The highest BCUT2D eigenvalue weighted by Crippen LogP contribution is 2.35. The maximum absolute atomic E-state index is 14.5. The van der Waals surface area contributed by atoms with Gasteiger partial charge in [0.05, 0.1) is 10.6 Å². The predicted molar refractivity (Wildman–Crippen MR) is 100.0 cm³/mol. The first kappa shape index (κ1) is 19.5. The number of ether oxygens (including phenoxy) is 2. The molecule has 0 radical (unpaired) electrons. The number of carbonyl (C=O) groups excluding carboxylic acids is 1. The van der Waals surface area contributed by atoms with E-state index in [1.165, 1.54) is 16.8 Å². The van der Waals surface area contributed by atoms with Gasteiger partial charge in [-0.2, -0.15) is 0 Å². The van der Waals surface area contributed by atoms with Crippen molar-refractivity contribution in [1.29, 1.82) is 0 Å². The highest BCUT2D eigenvalue weighted by molar-refractivity contribution is 6.33. The van der Waals surface area contributed by atoms with Gasteiger partial charge in [0.25, 0.3) is 5.56 Å². The zero-order valence-electron chi connectivity index (χ0n) is 14.3. The van der Waals surface area contributed by atoms with Crippen LogP contribution in [0.1, 0.15) is 12.8 Å². The van der Waals surface area contributed by atoms with E-state index in [-0.39, 0.29) is 39.2 Å². The van der Waals surface area contributed by atoms with Gasteiger partial charge in [-0.1, -0.05) is 35.9 Å². The molecule has 27 heavy (non-hydrogen) atoms. The Morgan fingerprint density at radius 1 is 1.26 bits per heavy atom. The van der Waals surface area contributed by atoms with Crippen LogP contribution in [0.25, 0.3) is 11.1 Å². The number of esters is 1. The second-order valence-electron chi connectivity index (χ2n) is 5.95. The molecule has 2 aromatic rings. The molecule has 2 heterocycles. The minimum absolute atomic E-state index is 0.0294. The molecule has 1 aromatic heterocycles. The minimum Gasteiger partial charge on any atom is -0.480 e. The fourth-order valence-corrected chi connectivity index (χ4v) is 3.48. The van der Waals surface area contributed by atoms with Crippen molar-refractivity contribution in [3.63, 3.8) is 0 Å². The number of hydrogen-bond donors (Lipinski definition) is 0. The standard InChI is InChI=1S/C18H17Cl2FN2O4/c1-2-7-26-15(24)10-27-14-8-11(13(21)9-12(14)19)16-17(20)22-5-3-4-6-23(22)18(16)25/h2,8-9H,1,3-7,10H2. The lowest BCUT2D eigenvalue weighted by atomic mass is 10.1. The summed E-state index contributed by atoms with van der Waals surface area (Å²) in [6, 6.07) is 2.30. The first-order chi connectivity index (χ1) is 12.9. The molecule has 1 aromatic carbocycles. The number of hydrogen-bond acceptors (Lipinski definition) is 4. The molecule has 0 unspecified atom stereocenters. The van der Waals surface area contributed by atoms with Gasteiger partial charge >= 0.3 is 5.97 Å². The Morgan fingerprint density at radius 2 is 1.96 bits per heavy atom. The van der Waals surface area contributed by atoms with Gasteiger partial charge in [0.15, 0.2) is 6.61 Å². The van der Waals surface area contributed by atoms with Crippen LogP contribution in [0, 0.1) is 5.82 Å². The molecule has 6 nitrogen and oxygen atoms in total. The Hall–Kier alpha value is -2.25. The normalized spacial score (nSPS) is 13.1. The van der Waals surface area contributed by atoms with Crippen LogP contribution in [0.2, 0.25) is 10.2 Å². The number of benzene rings is 1. The van der Waals surface area contributed by atoms with Gasteiger partial charge in [-0.25, -0.2) is 13.9 Å². The Labute approximate surface area is 164 Å². The SMILES string of the molecule is C=CCOC(=O)COc1cc(-c2c(Cl)n3n(c2=O)CCCC3)c(F)cc1Cl. The molecule has 0 N–H and O–H groups in total. The van der Waals surface area contributed by atoms with Crippen molar-refractivity contribution < 1.29 is 18.7 Å². The summed E-state index contributed by atoms with van der Waals surface area (Å²) in [5.41, 5.74) is -0.359. The molecule has 0 saturated heterocycles. The van der Waals surface area contributed by atoms with Gasteiger partial charge in [0.2, 0.25) is 0 Å². The van der Waals surface area contributed by atoms with Crippen LogP contribution < -0.4 is 10.3 Å². The smallest absolute Gasteiger partial charge is 0.344 e. The topological polar surface area (TPSA) is 62.5 Å². The third-order valence-corrected chi connectivity index (χ3v) is 4.84. The van der Waals surface area contributed by atoms with Crippen molar-refractivity contribution in [1.82, 2.24) is 9.36 Å². The Bertz CT molecular complexity index is 952. The van der Waals surface area contributed by atoms with Crippen LogP contribution >= 0.6 is 23.2 Å². The van der Waals surface area contributed by atoms with E-state index in [0.717, 1.165) is 18.9 Å². The molecule has 0 fully saturated rings. The first-order valence-corrected chi connectivity index (χ1v) is 9.07. The fourth-order valence-electron chi connectivity index (χ4n) is 2.91. The summed E-state index contributed by atoms with van der Waals surface area (Å²) >= 11 is 12.4. The first-order valence-electron chi connectivity index (χ1n) is 8.32. The molecule has 144 valence electrons. The molecule has 1 aliphatic heterocycles. The third kappa shape index (κ3) is 3.89. The average Bonchev–Trinajstić information content (AvgIpc) is 2.91. The Balaban J connectivity index is 1.95. The summed E-state index contributed by atoms with van der Waals surface area (Å²) in [5, 5.41) is 0.130. The van der Waals surface area contributed by atoms with Gasteiger partial charge < -0.3 is 9.47 Å². The van der Waals surface area contributed by atoms with Crippen LogP contribution in [0.15, 0.2) is 29.6 Å². The van der Waals surface area contributed by atoms with E-state index in [9.17, 15) is 14.0 Å². The van der Waals surface area contributed by atoms with E-state index in [4.69, 9.17) is 32.7 Å². The molecule has 0 saturated carbocycles. The van der Waals surface area contributed by atoms with Gasteiger partial charge in [0.1, 0.15) is 23.3 Å².